The van der Waals surface area contributed by atoms with E-state index in [4.69, 9.17) is 4.74 Å². The van der Waals surface area contributed by atoms with Gasteiger partial charge < -0.3 is 15.4 Å². The highest BCUT2D eigenvalue weighted by atomic mass is 127. The standard InChI is InChI=1S/C16H29N3O.HI/c1-3-4-10-18-15(17-2)19-13-12-7-11-20-14(12)16(13)8-5-6-9-16;/h12-14H,3-11H2,1-2H3,(H2,17,18,19);1H. The largest absolute Gasteiger partial charge is 0.377 e. The smallest absolute Gasteiger partial charge is 0.191 e. The highest BCUT2D eigenvalue weighted by Gasteiger charge is 2.65. The first kappa shape index (κ1) is 17.3. The SMILES string of the molecule is CCCCNC(=NC)NC1C2CCOC2C12CCCC2.I. The molecule has 1 saturated heterocycles. The molecule has 0 amide bonds. The van der Waals surface area contributed by atoms with Crippen LogP contribution in [-0.2, 0) is 4.74 Å². The van der Waals surface area contributed by atoms with E-state index >= 15 is 0 Å². The van der Waals surface area contributed by atoms with Gasteiger partial charge in [0.1, 0.15) is 0 Å². The summed E-state index contributed by atoms with van der Waals surface area (Å²) >= 11 is 0. The van der Waals surface area contributed by atoms with Crippen molar-refractivity contribution in [1.82, 2.24) is 10.6 Å². The molecule has 0 radical (unpaired) electrons. The molecule has 0 bridgehead atoms. The Hall–Kier alpha value is -0.0400. The predicted octanol–water partition coefficient (Wildman–Crippen LogP) is 2.92. The van der Waals surface area contributed by atoms with Gasteiger partial charge in [-0.1, -0.05) is 26.2 Å². The highest BCUT2D eigenvalue weighted by molar-refractivity contribution is 14.0. The molecule has 2 aliphatic carbocycles. The molecule has 1 heterocycles. The molecule has 0 aromatic rings. The van der Waals surface area contributed by atoms with Gasteiger partial charge in [-0.25, -0.2) is 0 Å². The number of nitrogens with zero attached hydrogens (tertiary/aromatic N) is 1. The maximum absolute atomic E-state index is 6.03. The molecule has 122 valence electrons. The summed E-state index contributed by atoms with van der Waals surface area (Å²) < 4.78 is 6.03. The van der Waals surface area contributed by atoms with Crippen molar-refractivity contribution in [3.05, 3.63) is 0 Å². The van der Waals surface area contributed by atoms with Crippen LogP contribution in [0.5, 0.6) is 0 Å². The topological polar surface area (TPSA) is 45.7 Å². The van der Waals surface area contributed by atoms with E-state index in [2.05, 4.69) is 22.5 Å². The van der Waals surface area contributed by atoms with Crippen LogP contribution >= 0.6 is 24.0 Å². The first-order valence-corrected chi connectivity index (χ1v) is 8.40. The monoisotopic (exact) mass is 407 g/mol. The Kier molecular flexibility index (Phi) is 6.17. The van der Waals surface area contributed by atoms with Crippen molar-refractivity contribution in [2.75, 3.05) is 20.2 Å². The Morgan fingerprint density at radius 2 is 2.10 bits per heavy atom. The summed E-state index contributed by atoms with van der Waals surface area (Å²) in [4.78, 5) is 4.40. The van der Waals surface area contributed by atoms with Crippen molar-refractivity contribution in [2.45, 2.75) is 64.0 Å². The van der Waals surface area contributed by atoms with Gasteiger partial charge in [0.05, 0.1) is 6.10 Å². The van der Waals surface area contributed by atoms with Crippen molar-refractivity contribution in [3.63, 3.8) is 0 Å². The molecule has 3 unspecified atom stereocenters. The fourth-order valence-electron chi connectivity index (χ4n) is 4.63. The summed E-state index contributed by atoms with van der Waals surface area (Å²) in [5.41, 5.74) is 0.406. The zero-order valence-corrected chi connectivity index (χ0v) is 15.7. The van der Waals surface area contributed by atoms with Crippen LogP contribution in [0.15, 0.2) is 4.99 Å². The molecule has 5 heteroatoms. The number of aliphatic imine (C=N–C) groups is 1. The minimum atomic E-state index is 0. The van der Waals surface area contributed by atoms with Gasteiger partial charge in [-0.15, -0.1) is 24.0 Å². The van der Waals surface area contributed by atoms with Gasteiger partial charge in [-0.05, 0) is 25.7 Å². The molecule has 2 N–H and O–H groups in total. The van der Waals surface area contributed by atoms with Crippen molar-refractivity contribution in [1.29, 1.82) is 0 Å². The second-order valence-electron chi connectivity index (χ2n) is 6.66. The Morgan fingerprint density at radius 1 is 1.33 bits per heavy atom. The van der Waals surface area contributed by atoms with E-state index in [1.54, 1.807) is 0 Å². The quantitative estimate of drug-likeness (QED) is 0.326. The van der Waals surface area contributed by atoms with E-state index in [1.807, 2.05) is 7.05 Å². The second kappa shape index (κ2) is 7.49. The van der Waals surface area contributed by atoms with Crippen LogP contribution in [0.3, 0.4) is 0 Å². The third-order valence-electron chi connectivity index (χ3n) is 5.62. The first-order chi connectivity index (χ1) is 9.81. The first-order valence-electron chi connectivity index (χ1n) is 8.40. The maximum Gasteiger partial charge on any atom is 0.191 e. The Morgan fingerprint density at radius 3 is 2.76 bits per heavy atom. The number of guanidine groups is 1. The van der Waals surface area contributed by atoms with Gasteiger partial charge >= 0.3 is 0 Å². The molecule has 3 rings (SSSR count). The molecule has 3 atom stereocenters. The zero-order chi connectivity index (χ0) is 14.0. The van der Waals surface area contributed by atoms with Crippen LogP contribution < -0.4 is 10.6 Å². The van der Waals surface area contributed by atoms with E-state index in [-0.39, 0.29) is 24.0 Å². The molecule has 21 heavy (non-hydrogen) atoms. The lowest BCUT2D eigenvalue weighted by Crippen LogP contribution is -2.69. The Balaban J connectivity index is 0.00000161. The van der Waals surface area contributed by atoms with E-state index in [9.17, 15) is 0 Å². The van der Waals surface area contributed by atoms with E-state index in [0.29, 0.717) is 23.5 Å². The van der Waals surface area contributed by atoms with Crippen LogP contribution in [0.25, 0.3) is 0 Å². The van der Waals surface area contributed by atoms with Gasteiger partial charge in [0.15, 0.2) is 5.96 Å². The highest BCUT2D eigenvalue weighted by Crippen LogP contribution is 2.60. The Bertz CT molecular complexity index is 369. The van der Waals surface area contributed by atoms with Gasteiger partial charge in [0.25, 0.3) is 0 Å². The Labute approximate surface area is 145 Å². The number of hydrogen-bond donors (Lipinski definition) is 2. The molecule has 0 aromatic heterocycles. The lowest BCUT2D eigenvalue weighted by molar-refractivity contribution is -0.125. The van der Waals surface area contributed by atoms with Crippen LogP contribution in [0, 0.1) is 11.3 Å². The van der Waals surface area contributed by atoms with E-state index in [1.165, 1.54) is 44.9 Å². The molecule has 3 fully saturated rings. The molecular weight excluding hydrogens is 377 g/mol. The number of nitrogens with one attached hydrogen (secondary N) is 2. The average molecular weight is 407 g/mol. The molecule has 0 aromatic carbocycles. The number of unbranched alkanes of at least 4 members (excludes halogenated alkanes) is 1. The summed E-state index contributed by atoms with van der Waals surface area (Å²) in [6.45, 7) is 4.19. The van der Waals surface area contributed by atoms with Crippen LogP contribution in [-0.4, -0.2) is 38.3 Å². The third-order valence-corrected chi connectivity index (χ3v) is 5.62. The average Bonchev–Trinajstić information content (AvgIpc) is 3.10. The van der Waals surface area contributed by atoms with Gasteiger partial charge in [0, 0.05) is 37.6 Å². The van der Waals surface area contributed by atoms with Crippen LogP contribution in [0.1, 0.15) is 51.9 Å². The second-order valence-corrected chi connectivity index (χ2v) is 6.66. The summed E-state index contributed by atoms with van der Waals surface area (Å²) in [6, 6.07) is 0.574. The lowest BCUT2D eigenvalue weighted by Gasteiger charge is -2.57. The van der Waals surface area contributed by atoms with Gasteiger partial charge in [-0.2, -0.15) is 0 Å². The number of fused-ring (bicyclic) bond motifs is 2. The van der Waals surface area contributed by atoms with Crippen molar-refractivity contribution >= 4 is 29.9 Å². The lowest BCUT2D eigenvalue weighted by atomic mass is 9.54. The van der Waals surface area contributed by atoms with Crippen LogP contribution in [0.4, 0.5) is 0 Å². The summed E-state index contributed by atoms with van der Waals surface area (Å²) in [5, 5.41) is 7.18. The molecule has 4 nitrogen and oxygen atoms in total. The van der Waals surface area contributed by atoms with Crippen molar-refractivity contribution in [3.8, 4) is 0 Å². The maximum atomic E-state index is 6.03. The van der Waals surface area contributed by atoms with Crippen molar-refractivity contribution < 1.29 is 4.74 Å². The summed E-state index contributed by atoms with van der Waals surface area (Å²) in [7, 11) is 1.88. The molecule has 1 spiro atoms. The molecule has 1 aliphatic heterocycles. The van der Waals surface area contributed by atoms with Gasteiger partial charge in [0.2, 0.25) is 0 Å². The fraction of sp³-hybridized carbons (Fsp3) is 0.938. The van der Waals surface area contributed by atoms with E-state index < -0.39 is 0 Å². The fourth-order valence-corrected chi connectivity index (χ4v) is 4.63. The zero-order valence-electron chi connectivity index (χ0n) is 13.4. The molecule has 2 saturated carbocycles. The normalized spacial score (nSPS) is 33.2. The summed E-state index contributed by atoms with van der Waals surface area (Å²) in [6.07, 6.45) is 9.56. The number of halogens is 1. The van der Waals surface area contributed by atoms with Gasteiger partial charge in [-0.3, -0.25) is 4.99 Å². The summed E-state index contributed by atoms with van der Waals surface area (Å²) in [5.74, 6) is 1.69. The molecule has 3 aliphatic rings. The number of hydrogen-bond acceptors (Lipinski definition) is 2. The number of ether oxygens (including phenoxy) is 1. The van der Waals surface area contributed by atoms with E-state index in [0.717, 1.165) is 19.1 Å². The molecular formula is C16H30IN3O. The third kappa shape index (κ3) is 3.05. The number of rotatable bonds is 4. The van der Waals surface area contributed by atoms with Crippen LogP contribution in [0.2, 0.25) is 0 Å². The van der Waals surface area contributed by atoms with Crippen molar-refractivity contribution in [2.24, 2.45) is 16.3 Å². The predicted molar refractivity (Wildman–Crippen MR) is 97.4 cm³/mol. The minimum absolute atomic E-state index is 0. The minimum Gasteiger partial charge on any atom is -0.377 e.